The molecule has 166 valence electrons. The summed E-state index contributed by atoms with van der Waals surface area (Å²) in [5, 5.41) is 0. The molecule has 0 saturated carbocycles. The van der Waals surface area contributed by atoms with Crippen LogP contribution in [0.5, 0.6) is 0 Å². The molecule has 3 aliphatic heterocycles. The second-order valence-electron chi connectivity index (χ2n) is 8.11. The maximum atomic E-state index is 12.3. The molecule has 0 radical (unpaired) electrons. The van der Waals surface area contributed by atoms with Crippen LogP contribution in [0.15, 0.2) is 46.1 Å². The summed E-state index contributed by atoms with van der Waals surface area (Å²) in [5.74, 6) is 0. The van der Waals surface area contributed by atoms with E-state index in [9.17, 15) is 9.59 Å². The van der Waals surface area contributed by atoms with E-state index in [4.69, 9.17) is 13.8 Å². The predicted octanol–water partition coefficient (Wildman–Crippen LogP) is 3.69. The van der Waals surface area contributed by atoms with Crippen molar-refractivity contribution < 1.29 is 13.8 Å². The Bertz CT molecular complexity index is 1050. The summed E-state index contributed by atoms with van der Waals surface area (Å²) < 4.78 is 23.5. The van der Waals surface area contributed by atoms with E-state index in [1.54, 1.807) is 6.20 Å². The van der Waals surface area contributed by atoms with Crippen molar-refractivity contribution in [2.45, 2.75) is 63.2 Å². The number of hydrogen-bond donors (Lipinski definition) is 1. The molecule has 2 unspecified atom stereocenters. The zero-order chi connectivity index (χ0) is 21.5. The normalized spacial score (nSPS) is 33.1. The number of hydrogen-bond acceptors (Lipinski definition) is 6. The molecular weight excluding hydrogens is 532 g/mol. The van der Waals surface area contributed by atoms with Gasteiger partial charge in [-0.1, -0.05) is 37.3 Å². The van der Waals surface area contributed by atoms with Gasteiger partial charge in [0.25, 0.3) is 14.1 Å². The minimum Gasteiger partial charge on any atom is -0.352 e. The number of aromatic nitrogens is 2. The summed E-state index contributed by atoms with van der Waals surface area (Å²) in [5.41, 5.74) is 0.349. The second kappa shape index (κ2) is 9.03. The van der Waals surface area contributed by atoms with Crippen LogP contribution in [-0.2, 0) is 13.8 Å². The van der Waals surface area contributed by atoms with Gasteiger partial charge in [0.2, 0.25) is 0 Å². The molecule has 4 heterocycles. The fourth-order valence-electron chi connectivity index (χ4n) is 4.66. The molecular formula is C21H25IN3O5P. The Morgan fingerprint density at radius 1 is 1.29 bits per heavy atom. The summed E-state index contributed by atoms with van der Waals surface area (Å²) >= 11 is 1.92. The maximum absolute atomic E-state index is 12.3. The van der Waals surface area contributed by atoms with Crippen LogP contribution >= 0.6 is 31.1 Å². The maximum Gasteiger partial charge on any atom is 0.330 e. The van der Waals surface area contributed by atoms with E-state index >= 15 is 0 Å². The quantitative estimate of drug-likeness (QED) is 0.446. The molecule has 5 rings (SSSR count). The highest BCUT2D eigenvalue weighted by Gasteiger charge is 2.49. The third-order valence-electron chi connectivity index (χ3n) is 6.20. The monoisotopic (exact) mass is 557 g/mol. The average molecular weight is 557 g/mol. The Balaban J connectivity index is 1.34. The van der Waals surface area contributed by atoms with Crippen LogP contribution in [-0.4, -0.2) is 39.0 Å². The van der Waals surface area contributed by atoms with Crippen LogP contribution in [0.3, 0.4) is 0 Å². The van der Waals surface area contributed by atoms with Gasteiger partial charge in [-0.05, 0) is 47.4 Å². The number of nitrogens with zero attached hydrogens (tertiary/aromatic N) is 2. The van der Waals surface area contributed by atoms with Gasteiger partial charge in [-0.3, -0.25) is 14.3 Å². The van der Waals surface area contributed by atoms with E-state index in [0.717, 1.165) is 25.8 Å². The van der Waals surface area contributed by atoms with Crippen LogP contribution in [0.2, 0.25) is 0 Å². The SMILES string of the molecule is CC[C@H]1O[C@@H](n2cc(I)c(=O)[nH]c2=O)CC1OP1O[C@@H](c2ccccc2)[C@H]2CCCN21. The molecule has 2 aromatic rings. The van der Waals surface area contributed by atoms with Gasteiger partial charge in [0.1, 0.15) is 12.3 Å². The van der Waals surface area contributed by atoms with Crippen LogP contribution in [0.4, 0.5) is 0 Å². The molecule has 10 heteroatoms. The average Bonchev–Trinajstić information content (AvgIpc) is 3.48. The number of benzene rings is 1. The highest BCUT2D eigenvalue weighted by atomic mass is 127. The molecule has 31 heavy (non-hydrogen) atoms. The Hall–Kier alpha value is -1.10. The lowest BCUT2D eigenvalue weighted by Crippen LogP contribution is -2.33. The fraction of sp³-hybridized carbons (Fsp3) is 0.524. The van der Waals surface area contributed by atoms with Crippen molar-refractivity contribution in [2.24, 2.45) is 0 Å². The number of fused-ring (bicyclic) bond motifs is 1. The zero-order valence-electron chi connectivity index (χ0n) is 17.1. The van der Waals surface area contributed by atoms with Crippen LogP contribution in [0.1, 0.15) is 50.5 Å². The minimum absolute atomic E-state index is 0.0244. The largest absolute Gasteiger partial charge is 0.352 e. The first-order chi connectivity index (χ1) is 15.0. The van der Waals surface area contributed by atoms with Crippen LogP contribution in [0, 0.1) is 3.57 Å². The van der Waals surface area contributed by atoms with Gasteiger partial charge in [0, 0.05) is 25.2 Å². The lowest BCUT2D eigenvalue weighted by Gasteiger charge is -2.25. The topological polar surface area (TPSA) is 85.8 Å². The summed E-state index contributed by atoms with van der Waals surface area (Å²) in [6.45, 7) is 3.03. The Labute approximate surface area is 195 Å². The van der Waals surface area contributed by atoms with E-state index < -0.39 is 20.4 Å². The summed E-state index contributed by atoms with van der Waals surface area (Å²) in [6, 6.07) is 10.7. The van der Waals surface area contributed by atoms with Gasteiger partial charge in [-0.2, -0.15) is 0 Å². The smallest absolute Gasteiger partial charge is 0.330 e. The van der Waals surface area contributed by atoms with Crippen molar-refractivity contribution >= 4 is 31.1 Å². The third-order valence-corrected chi connectivity index (χ3v) is 8.75. The van der Waals surface area contributed by atoms with E-state index in [1.165, 1.54) is 10.1 Å². The molecule has 6 atom stereocenters. The molecule has 0 spiro atoms. The number of rotatable bonds is 5. The first kappa shape index (κ1) is 21.7. The van der Waals surface area contributed by atoms with Crippen LogP contribution < -0.4 is 11.2 Å². The first-order valence-corrected chi connectivity index (χ1v) is 12.9. The zero-order valence-corrected chi connectivity index (χ0v) is 20.2. The lowest BCUT2D eigenvalue weighted by atomic mass is 10.0. The van der Waals surface area contributed by atoms with E-state index in [0.29, 0.717) is 16.0 Å². The first-order valence-electron chi connectivity index (χ1n) is 10.7. The van der Waals surface area contributed by atoms with Crippen molar-refractivity contribution in [3.8, 4) is 0 Å². The molecule has 8 nitrogen and oxygen atoms in total. The predicted molar refractivity (Wildman–Crippen MR) is 125 cm³/mol. The molecule has 3 saturated heterocycles. The lowest BCUT2D eigenvalue weighted by molar-refractivity contribution is -0.0190. The fourth-order valence-corrected chi connectivity index (χ4v) is 7.08. The van der Waals surface area contributed by atoms with Gasteiger partial charge in [0.05, 0.1) is 15.8 Å². The highest BCUT2D eigenvalue weighted by Crippen LogP contribution is 2.61. The minimum atomic E-state index is -1.19. The number of H-pyrrole nitrogens is 1. The molecule has 0 amide bonds. The van der Waals surface area contributed by atoms with Crippen molar-refractivity contribution in [1.82, 2.24) is 14.2 Å². The Kier molecular flexibility index (Phi) is 6.33. The summed E-state index contributed by atoms with van der Waals surface area (Å²) in [4.78, 5) is 26.4. The van der Waals surface area contributed by atoms with Gasteiger partial charge >= 0.3 is 5.69 Å². The number of halogens is 1. The van der Waals surface area contributed by atoms with Gasteiger partial charge in [-0.25, -0.2) is 9.46 Å². The summed E-state index contributed by atoms with van der Waals surface area (Å²) in [7, 11) is -1.19. The molecule has 3 fully saturated rings. The Morgan fingerprint density at radius 2 is 2.10 bits per heavy atom. The van der Waals surface area contributed by atoms with E-state index in [1.807, 2.05) is 40.8 Å². The standard InChI is InChI=1S/C21H25IN3O5P/c1-2-16-17(11-18(28-16)24-12-14(22)20(26)23-21(24)27)29-31-25-10-6-9-15(25)19(30-31)13-7-4-3-5-8-13/h3-5,7-8,12,15-19H,2,6,9-11H2,1H3,(H,23,26,27)/t15-,16-,17?,18-,19+,31?/m1/s1. The van der Waals surface area contributed by atoms with Crippen molar-refractivity contribution in [3.63, 3.8) is 0 Å². The van der Waals surface area contributed by atoms with E-state index in [2.05, 4.69) is 28.7 Å². The molecule has 3 aliphatic rings. The molecule has 1 aromatic heterocycles. The number of nitrogens with one attached hydrogen (secondary N) is 1. The summed E-state index contributed by atoms with van der Waals surface area (Å²) in [6.07, 6.45) is 4.36. The molecule has 1 aromatic carbocycles. The number of aromatic amines is 1. The molecule has 0 aliphatic carbocycles. The Morgan fingerprint density at radius 3 is 2.87 bits per heavy atom. The van der Waals surface area contributed by atoms with Gasteiger partial charge in [0.15, 0.2) is 0 Å². The molecule has 0 bridgehead atoms. The third kappa shape index (κ3) is 4.16. The van der Waals surface area contributed by atoms with Gasteiger partial charge in [-0.15, -0.1) is 0 Å². The van der Waals surface area contributed by atoms with Gasteiger partial charge < -0.3 is 13.8 Å². The second-order valence-corrected chi connectivity index (χ2v) is 10.7. The van der Waals surface area contributed by atoms with E-state index in [-0.39, 0.29) is 23.9 Å². The number of ether oxygens (including phenoxy) is 1. The van der Waals surface area contributed by atoms with Crippen molar-refractivity contribution in [1.29, 1.82) is 0 Å². The van der Waals surface area contributed by atoms with Crippen molar-refractivity contribution in [2.75, 3.05) is 6.54 Å². The van der Waals surface area contributed by atoms with Crippen molar-refractivity contribution in [3.05, 3.63) is 66.5 Å². The van der Waals surface area contributed by atoms with Crippen LogP contribution in [0.25, 0.3) is 0 Å². The highest BCUT2D eigenvalue weighted by molar-refractivity contribution is 14.1. The molecule has 1 N–H and O–H groups in total.